The average molecular weight is 288 g/mol. The lowest BCUT2D eigenvalue weighted by atomic mass is 10.00. The van der Waals surface area contributed by atoms with Crippen molar-refractivity contribution in [1.82, 2.24) is 0 Å². The van der Waals surface area contributed by atoms with E-state index in [0.717, 1.165) is 5.75 Å². The first-order valence-corrected chi connectivity index (χ1v) is 8.86. The first-order chi connectivity index (χ1) is 9.11. The molecule has 0 aliphatic carbocycles. The zero-order chi connectivity index (χ0) is 14.5. The van der Waals surface area contributed by atoms with Gasteiger partial charge in [-0.25, -0.2) is 0 Å². The van der Waals surface area contributed by atoms with Crippen molar-refractivity contribution in [3.63, 3.8) is 0 Å². The summed E-state index contributed by atoms with van der Waals surface area (Å²) >= 11 is 1.34. The van der Waals surface area contributed by atoms with E-state index in [1.54, 1.807) is 0 Å². The van der Waals surface area contributed by atoms with Crippen LogP contribution in [0.5, 0.6) is 0 Å². The minimum atomic E-state index is -0.0978. The van der Waals surface area contributed by atoms with Crippen molar-refractivity contribution in [2.24, 2.45) is 11.8 Å². The first-order valence-electron chi connectivity index (χ1n) is 7.95. The molecule has 0 saturated heterocycles. The minimum Gasteiger partial charge on any atom is -0.391 e. The summed E-state index contributed by atoms with van der Waals surface area (Å²) in [4.78, 5) is 11.3. The van der Waals surface area contributed by atoms with Crippen LogP contribution in [0.15, 0.2) is 0 Å². The predicted molar refractivity (Wildman–Crippen MR) is 85.2 cm³/mol. The van der Waals surface area contributed by atoms with Crippen molar-refractivity contribution >= 4 is 18.0 Å². The normalized spacial score (nSPS) is 12.7. The number of carbonyl (C=O) groups is 1. The van der Waals surface area contributed by atoms with Crippen LogP contribution in [0.2, 0.25) is 0 Å². The summed E-state index contributed by atoms with van der Waals surface area (Å²) in [5.74, 6) is 1.52. The van der Waals surface area contributed by atoms with Crippen LogP contribution < -0.4 is 0 Å². The van der Waals surface area contributed by atoms with Crippen molar-refractivity contribution < 1.29 is 8.98 Å². The van der Waals surface area contributed by atoms with Crippen LogP contribution in [0.1, 0.15) is 79.1 Å². The van der Waals surface area contributed by atoms with E-state index in [4.69, 9.17) is 4.18 Å². The summed E-state index contributed by atoms with van der Waals surface area (Å²) in [6.07, 6.45) is 10.6. The summed E-state index contributed by atoms with van der Waals surface area (Å²) in [5.41, 5.74) is 0. The van der Waals surface area contributed by atoms with Crippen molar-refractivity contribution in [3.8, 4) is 0 Å². The van der Waals surface area contributed by atoms with Gasteiger partial charge < -0.3 is 4.18 Å². The molecule has 3 heteroatoms. The highest BCUT2D eigenvalue weighted by Crippen LogP contribution is 2.21. The topological polar surface area (TPSA) is 26.3 Å². The Morgan fingerprint density at radius 1 is 1.05 bits per heavy atom. The summed E-state index contributed by atoms with van der Waals surface area (Å²) in [6, 6.07) is 0. The van der Waals surface area contributed by atoms with Crippen LogP contribution in [0.3, 0.4) is 0 Å². The molecule has 0 rings (SSSR count). The molecule has 0 amide bonds. The van der Waals surface area contributed by atoms with E-state index >= 15 is 0 Å². The molecular formula is C16H32O2S. The van der Waals surface area contributed by atoms with Gasteiger partial charge in [0.05, 0.1) is 18.0 Å². The molecule has 114 valence electrons. The van der Waals surface area contributed by atoms with Gasteiger partial charge in [0.2, 0.25) is 0 Å². The number of hydrogen-bond acceptors (Lipinski definition) is 3. The number of carbonyl (C=O) groups excluding carboxylic acids is 1. The highest BCUT2D eigenvalue weighted by Gasteiger charge is 2.12. The van der Waals surface area contributed by atoms with Crippen LogP contribution in [0, 0.1) is 11.8 Å². The maximum atomic E-state index is 11.3. The van der Waals surface area contributed by atoms with Gasteiger partial charge in [0.15, 0.2) is 0 Å². The molecule has 19 heavy (non-hydrogen) atoms. The van der Waals surface area contributed by atoms with E-state index in [2.05, 4.69) is 13.8 Å². The van der Waals surface area contributed by atoms with Gasteiger partial charge in [0, 0.05) is 5.75 Å². The highest BCUT2D eigenvalue weighted by atomic mass is 32.2. The number of hydrogen-bond donors (Lipinski definition) is 0. The SMILES string of the molecule is CCCCCCCCC(CC)CSOC(=O)C(C)C. The van der Waals surface area contributed by atoms with Crippen LogP contribution in [-0.2, 0) is 8.98 Å². The summed E-state index contributed by atoms with van der Waals surface area (Å²) in [6.45, 7) is 8.22. The molecule has 2 nitrogen and oxygen atoms in total. The van der Waals surface area contributed by atoms with Crippen molar-refractivity contribution in [3.05, 3.63) is 0 Å². The van der Waals surface area contributed by atoms with Crippen LogP contribution in [0.4, 0.5) is 0 Å². The number of rotatable bonds is 12. The van der Waals surface area contributed by atoms with Gasteiger partial charge in [-0.15, -0.1) is 0 Å². The van der Waals surface area contributed by atoms with Gasteiger partial charge in [-0.05, 0) is 12.3 Å². The van der Waals surface area contributed by atoms with Gasteiger partial charge >= 0.3 is 5.97 Å². The molecule has 0 aromatic carbocycles. The molecule has 0 aromatic heterocycles. The molecule has 0 aromatic rings. The van der Waals surface area contributed by atoms with E-state index < -0.39 is 0 Å². The highest BCUT2D eigenvalue weighted by molar-refractivity contribution is 7.95. The van der Waals surface area contributed by atoms with Crippen LogP contribution in [0.25, 0.3) is 0 Å². The third kappa shape index (κ3) is 11.4. The summed E-state index contributed by atoms with van der Waals surface area (Å²) < 4.78 is 5.17. The molecule has 0 bridgehead atoms. The number of unbranched alkanes of at least 4 members (excludes halogenated alkanes) is 5. The Hall–Kier alpha value is -0.180. The molecule has 0 heterocycles. The second-order valence-electron chi connectivity index (χ2n) is 5.67. The largest absolute Gasteiger partial charge is 0.391 e. The maximum Gasteiger partial charge on any atom is 0.320 e. The Morgan fingerprint density at radius 3 is 2.26 bits per heavy atom. The zero-order valence-electron chi connectivity index (χ0n) is 13.2. The Bertz CT molecular complexity index is 217. The van der Waals surface area contributed by atoms with Gasteiger partial charge in [-0.1, -0.05) is 72.6 Å². The average Bonchev–Trinajstić information content (AvgIpc) is 2.40. The fourth-order valence-corrected chi connectivity index (χ4v) is 2.87. The van der Waals surface area contributed by atoms with Crippen LogP contribution in [-0.4, -0.2) is 11.7 Å². The Labute approximate surface area is 124 Å². The maximum absolute atomic E-state index is 11.3. The standard InChI is InChI=1S/C16H32O2S/c1-5-7-8-9-10-11-12-15(6-2)13-19-18-16(17)14(3)4/h14-15H,5-13H2,1-4H3. The van der Waals surface area contributed by atoms with E-state index in [1.807, 2.05) is 13.8 Å². The molecule has 0 aliphatic heterocycles. The van der Waals surface area contributed by atoms with Gasteiger partial charge in [0.25, 0.3) is 0 Å². The molecule has 0 N–H and O–H groups in total. The minimum absolute atomic E-state index is 0.0221. The summed E-state index contributed by atoms with van der Waals surface area (Å²) in [5, 5.41) is 0. The van der Waals surface area contributed by atoms with E-state index in [1.165, 1.54) is 63.4 Å². The second kappa shape index (κ2) is 12.8. The monoisotopic (exact) mass is 288 g/mol. The fraction of sp³-hybridized carbons (Fsp3) is 0.938. The molecule has 0 spiro atoms. The molecule has 0 aliphatic rings. The van der Waals surface area contributed by atoms with Crippen molar-refractivity contribution in [1.29, 1.82) is 0 Å². The van der Waals surface area contributed by atoms with Gasteiger partial charge in [-0.2, -0.15) is 0 Å². The van der Waals surface area contributed by atoms with Crippen molar-refractivity contribution in [2.45, 2.75) is 79.1 Å². The Kier molecular flexibility index (Phi) is 12.7. The fourth-order valence-electron chi connectivity index (χ4n) is 1.90. The predicted octanol–water partition coefficient (Wildman–Crippen LogP) is 5.61. The lowest BCUT2D eigenvalue weighted by Gasteiger charge is -2.14. The molecular weight excluding hydrogens is 256 g/mol. The quantitative estimate of drug-likeness (QED) is 0.345. The lowest BCUT2D eigenvalue weighted by molar-refractivity contribution is -0.136. The molecule has 0 saturated carbocycles. The van der Waals surface area contributed by atoms with E-state index in [9.17, 15) is 4.79 Å². The second-order valence-corrected chi connectivity index (χ2v) is 6.41. The third-order valence-electron chi connectivity index (χ3n) is 3.46. The first kappa shape index (κ1) is 18.8. The van der Waals surface area contributed by atoms with Gasteiger partial charge in [-0.3, -0.25) is 4.79 Å². The van der Waals surface area contributed by atoms with Gasteiger partial charge in [0.1, 0.15) is 0 Å². The molecule has 1 unspecified atom stereocenters. The van der Waals surface area contributed by atoms with E-state index in [0.29, 0.717) is 5.92 Å². The Morgan fingerprint density at radius 2 is 1.68 bits per heavy atom. The zero-order valence-corrected chi connectivity index (χ0v) is 14.1. The molecule has 1 atom stereocenters. The molecule has 0 radical (unpaired) electrons. The van der Waals surface area contributed by atoms with E-state index in [-0.39, 0.29) is 11.9 Å². The smallest absolute Gasteiger partial charge is 0.320 e. The third-order valence-corrected chi connectivity index (χ3v) is 4.35. The lowest BCUT2D eigenvalue weighted by Crippen LogP contribution is -2.10. The van der Waals surface area contributed by atoms with Crippen LogP contribution >= 0.6 is 12.0 Å². The Balaban J connectivity index is 3.52. The summed E-state index contributed by atoms with van der Waals surface area (Å²) in [7, 11) is 0. The van der Waals surface area contributed by atoms with Crippen molar-refractivity contribution in [2.75, 3.05) is 5.75 Å². The molecule has 0 fully saturated rings.